The van der Waals surface area contributed by atoms with Gasteiger partial charge in [0.15, 0.2) is 0 Å². The van der Waals surface area contributed by atoms with Gasteiger partial charge in [0.1, 0.15) is 12.7 Å². The number of ether oxygens (including phenoxy) is 5. The highest BCUT2D eigenvalue weighted by Gasteiger charge is 2.19. The third-order valence-corrected chi connectivity index (χ3v) is 17.2. The minimum atomic E-state index is -0.272. The van der Waals surface area contributed by atoms with Crippen LogP contribution in [0.3, 0.4) is 0 Å². The van der Waals surface area contributed by atoms with Crippen LogP contribution in [-0.2, 0) is 23.7 Å². The van der Waals surface area contributed by atoms with Crippen molar-refractivity contribution in [2.75, 3.05) is 131 Å². The van der Waals surface area contributed by atoms with Crippen LogP contribution in [0, 0.1) is 0 Å². The van der Waals surface area contributed by atoms with E-state index in [4.69, 9.17) is 46.6 Å². The zero-order chi connectivity index (χ0) is 64.9. The second-order valence-corrected chi connectivity index (χ2v) is 26.2. The number of nitrogens with two attached hydrogens (primary N) is 4. The van der Waals surface area contributed by atoms with Crippen LogP contribution in [0.25, 0.3) is 0 Å². The van der Waals surface area contributed by atoms with Crippen molar-refractivity contribution in [3.8, 4) is 0 Å². The normalized spacial score (nSPS) is 12.3. The van der Waals surface area contributed by atoms with Crippen molar-refractivity contribution in [2.24, 2.45) is 22.9 Å². The third kappa shape index (κ3) is 74.1. The molecule has 0 aliphatic carbocycles. The summed E-state index contributed by atoms with van der Waals surface area (Å²) < 4.78 is 30.7. The fourth-order valence-electron chi connectivity index (χ4n) is 11.4. The summed E-state index contributed by atoms with van der Waals surface area (Å²) >= 11 is 0. The Morgan fingerprint density at radius 3 is 0.989 bits per heavy atom. The Labute approximate surface area is 554 Å². The van der Waals surface area contributed by atoms with Crippen molar-refractivity contribution in [3.63, 3.8) is 0 Å². The SMILES string of the molecule is CCCCCCCCCCCCOCC(CN(CCCN)CCCCNCCCN)OCCCCCCCCCCCC.CCCCCCCCCCCCOCC(COC(=O)N(CCCN)CCCCNCCCN)OCCCCCCCCCCCC. The van der Waals surface area contributed by atoms with E-state index >= 15 is 0 Å². The van der Waals surface area contributed by atoms with Gasteiger partial charge < -0.3 is 67.1 Å². The van der Waals surface area contributed by atoms with E-state index in [9.17, 15) is 4.79 Å². The summed E-state index contributed by atoms with van der Waals surface area (Å²) in [4.78, 5) is 17.4. The first-order valence-corrected chi connectivity index (χ1v) is 39.2. The Kier molecular flexibility index (Phi) is 81.9. The molecule has 0 saturated heterocycles. The number of rotatable bonds is 76. The number of carbonyl (C=O) groups excluding carboxylic acids is 1. The second kappa shape index (κ2) is 81.1. The molecule has 14 nitrogen and oxygen atoms in total. The maximum atomic E-state index is 13.0. The molecule has 0 bridgehead atoms. The Bertz CT molecular complexity index is 1280. The fraction of sp³-hybridized carbons (Fsp3) is 0.987. The molecule has 1 amide bonds. The molecule has 0 heterocycles. The summed E-state index contributed by atoms with van der Waals surface area (Å²) in [6.07, 6.45) is 61.1. The monoisotopic (exact) mass is 1270 g/mol. The number of nitrogens with one attached hydrogen (secondary N) is 2. The maximum absolute atomic E-state index is 13.0. The van der Waals surface area contributed by atoms with Crippen molar-refractivity contribution in [2.45, 2.75) is 348 Å². The predicted molar refractivity (Wildman–Crippen MR) is 387 cm³/mol. The molecule has 0 aromatic heterocycles. The summed E-state index contributed by atoms with van der Waals surface area (Å²) in [6.45, 7) is 24.9. The van der Waals surface area contributed by atoms with Gasteiger partial charge in [0.2, 0.25) is 0 Å². The van der Waals surface area contributed by atoms with Crippen LogP contribution < -0.4 is 33.6 Å². The summed E-state index contributed by atoms with van der Waals surface area (Å²) in [5.74, 6) is 0. The molecule has 0 spiro atoms. The topological polar surface area (TPSA) is 198 Å². The zero-order valence-corrected chi connectivity index (χ0v) is 60.4. The van der Waals surface area contributed by atoms with Crippen LogP contribution >= 0.6 is 0 Å². The van der Waals surface area contributed by atoms with E-state index < -0.39 is 0 Å². The number of hydrogen-bond acceptors (Lipinski definition) is 13. The van der Waals surface area contributed by atoms with E-state index in [0.29, 0.717) is 39.4 Å². The molecule has 0 rings (SSSR count). The summed E-state index contributed by atoms with van der Waals surface area (Å²) in [6, 6.07) is 0. The van der Waals surface area contributed by atoms with E-state index in [0.717, 1.165) is 137 Å². The average molecular weight is 1270 g/mol. The standard InChI is InChI=1S/C38H80N4O4.C37H80N4O2/c1-3-5-7-9-11-13-15-17-19-23-33-44-35-37(45-34-24-20-18-16-14-12-10-8-6-4-2)36-46-38(43)42(32-26-28-40)31-22-21-29-41-30-25-27-39;1-3-5-7-9-11-13-15-17-19-23-33-42-36-37(43-34-24-20-18-16-14-12-10-8-6-4-2)35-41(32-26-28-39)31-22-21-29-40-30-25-27-38/h37,41H,3-36,39-40H2,1-2H3;37,40H,3-36,38-39H2,1-2H3. The number of hydrogen-bond donors (Lipinski definition) is 6. The van der Waals surface area contributed by atoms with Crippen molar-refractivity contribution in [1.82, 2.24) is 20.4 Å². The fourth-order valence-corrected chi connectivity index (χ4v) is 11.4. The molecule has 0 aliphatic rings. The van der Waals surface area contributed by atoms with E-state index in [-0.39, 0.29) is 24.9 Å². The number of amides is 1. The molecular weight excluding hydrogens is 1110 g/mol. The van der Waals surface area contributed by atoms with E-state index in [2.05, 4.69) is 43.2 Å². The molecule has 536 valence electrons. The molecule has 14 heteroatoms. The van der Waals surface area contributed by atoms with Gasteiger partial charge >= 0.3 is 6.09 Å². The van der Waals surface area contributed by atoms with Crippen molar-refractivity contribution in [1.29, 1.82) is 0 Å². The first-order valence-electron chi connectivity index (χ1n) is 39.2. The van der Waals surface area contributed by atoms with Crippen molar-refractivity contribution < 1.29 is 28.5 Å². The number of unbranched alkanes of at least 4 members (excludes halogenated alkanes) is 38. The predicted octanol–water partition coefficient (Wildman–Crippen LogP) is 17.3. The molecule has 10 N–H and O–H groups in total. The first-order chi connectivity index (χ1) is 44.0. The molecule has 89 heavy (non-hydrogen) atoms. The largest absolute Gasteiger partial charge is 0.447 e. The Balaban J connectivity index is 0. The third-order valence-electron chi connectivity index (χ3n) is 17.2. The molecule has 2 atom stereocenters. The first kappa shape index (κ1) is 89.9. The van der Waals surface area contributed by atoms with Crippen LogP contribution in [0.2, 0.25) is 0 Å². The molecular formula is C75H160N8O6. The molecule has 0 aliphatic heterocycles. The van der Waals surface area contributed by atoms with Crippen molar-refractivity contribution >= 4 is 6.09 Å². The van der Waals surface area contributed by atoms with E-state index in [1.807, 2.05) is 0 Å². The summed E-state index contributed by atoms with van der Waals surface area (Å²) in [5.41, 5.74) is 22.8. The zero-order valence-electron chi connectivity index (χ0n) is 60.4. The van der Waals surface area contributed by atoms with Gasteiger partial charge in [-0.15, -0.1) is 0 Å². The molecule has 0 aromatic rings. The molecule has 2 unspecified atom stereocenters. The van der Waals surface area contributed by atoms with Gasteiger partial charge in [-0.2, -0.15) is 0 Å². The van der Waals surface area contributed by atoms with Gasteiger partial charge in [0.05, 0.1) is 19.3 Å². The Hall–Kier alpha value is -1.17. The van der Waals surface area contributed by atoms with Crippen LogP contribution in [0.4, 0.5) is 4.79 Å². The quantitative estimate of drug-likeness (QED) is 0.0315. The lowest BCUT2D eigenvalue weighted by Gasteiger charge is -2.28. The molecule has 0 radical (unpaired) electrons. The summed E-state index contributed by atoms with van der Waals surface area (Å²) in [7, 11) is 0. The number of carbonyl (C=O) groups is 1. The number of nitrogens with zero attached hydrogens (tertiary/aromatic N) is 2. The molecule has 0 aromatic carbocycles. The van der Waals surface area contributed by atoms with Gasteiger partial charge in [0.25, 0.3) is 0 Å². The lowest BCUT2D eigenvalue weighted by atomic mass is 10.1. The Morgan fingerprint density at radius 1 is 0.315 bits per heavy atom. The highest BCUT2D eigenvalue weighted by atomic mass is 16.6. The smallest absolute Gasteiger partial charge is 0.409 e. The van der Waals surface area contributed by atoms with Gasteiger partial charge in [-0.1, -0.05) is 259 Å². The van der Waals surface area contributed by atoms with Gasteiger partial charge in [-0.25, -0.2) is 4.79 Å². The minimum Gasteiger partial charge on any atom is -0.447 e. The van der Waals surface area contributed by atoms with Crippen LogP contribution in [-0.4, -0.2) is 159 Å². The molecule has 0 saturated carbocycles. The van der Waals surface area contributed by atoms with Gasteiger partial charge in [0, 0.05) is 46.1 Å². The lowest BCUT2D eigenvalue weighted by molar-refractivity contribution is -0.0506. The van der Waals surface area contributed by atoms with E-state index in [1.165, 1.54) is 257 Å². The van der Waals surface area contributed by atoms with Gasteiger partial charge in [-0.05, 0) is 142 Å². The maximum Gasteiger partial charge on any atom is 0.409 e. The molecule has 0 fully saturated rings. The second-order valence-electron chi connectivity index (χ2n) is 26.2. The van der Waals surface area contributed by atoms with Crippen LogP contribution in [0.5, 0.6) is 0 Å². The highest BCUT2D eigenvalue weighted by Crippen LogP contribution is 2.16. The summed E-state index contributed by atoms with van der Waals surface area (Å²) in [5, 5.41) is 6.91. The average Bonchev–Trinajstić information content (AvgIpc) is 3.62. The minimum absolute atomic E-state index is 0.155. The van der Waals surface area contributed by atoms with E-state index in [1.54, 1.807) is 4.90 Å². The van der Waals surface area contributed by atoms with Crippen LogP contribution in [0.15, 0.2) is 0 Å². The van der Waals surface area contributed by atoms with Gasteiger partial charge in [-0.3, -0.25) is 0 Å². The van der Waals surface area contributed by atoms with Crippen molar-refractivity contribution in [3.05, 3.63) is 0 Å². The lowest BCUT2D eigenvalue weighted by Crippen LogP contribution is -2.39. The highest BCUT2D eigenvalue weighted by molar-refractivity contribution is 5.67. The van der Waals surface area contributed by atoms with Crippen LogP contribution in [0.1, 0.15) is 336 Å². The Morgan fingerprint density at radius 2 is 0.607 bits per heavy atom.